The Morgan fingerprint density at radius 2 is 1.36 bits per heavy atom. The molecule has 0 aliphatic carbocycles. The summed E-state index contributed by atoms with van der Waals surface area (Å²) < 4.78 is 16.7. The molecule has 0 aromatic carbocycles. The highest BCUT2D eigenvalue weighted by Crippen LogP contribution is 2.25. The topological polar surface area (TPSA) is 276 Å². The van der Waals surface area contributed by atoms with Crippen LogP contribution in [0.25, 0.3) is 0 Å². The van der Waals surface area contributed by atoms with Gasteiger partial charge in [-0.2, -0.15) is 0 Å². The van der Waals surface area contributed by atoms with Crippen LogP contribution in [0.4, 0.5) is 0 Å². The molecule has 2 unspecified atom stereocenters. The number of esters is 1. The summed E-state index contributed by atoms with van der Waals surface area (Å²) in [6, 6.07) is -4.69. The Bertz CT molecular complexity index is 1390. The fourth-order valence-electron chi connectivity index (χ4n) is 8.39. The lowest BCUT2D eigenvalue weighted by molar-refractivity contribution is -0.268. The van der Waals surface area contributed by atoms with Crippen LogP contribution in [-0.2, 0) is 43.0 Å². The predicted molar refractivity (Wildman–Crippen MR) is 239 cm³/mol. The molecule has 2 rings (SSSR count). The fourth-order valence-corrected chi connectivity index (χ4v) is 8.39. The van der Waals surface area contributed by atoms with E-state index in [2.05, 4.69) is 22.9 Å². The van der Waals surface area contributed by atoms with Crippen molar-refractivity contribution in [2.45, 2.75) is 236 Å². The fraction of sp³-hybridized carbons (Fsp3) is 0.870. The minimum atomic E-state index is -1.66. The van der Waals surface area contributed by atoms with E-state index in [1.807, 2.05) is 0 Å². The third-order valence-corrected chi connectivity index (χ3v) is 12.2. The summed E-state index contributed by atoms with van der Waals surface area (Å²) in [5.74, 6) is -4.42. The monoisotopic (exact) mass is 914 g/mol. The number of hydrogen-bond acceptors (Lipinski definition) is 13. The molecule has 0 bridgehead atoms. The van der Waals surface area contributed by atoms with Gasteiger partial charge < -0.3 is 61.2 Å². The first-order valence-electron chi connectivity index (χ1n) is 24.2. The first-order valence-corrected chi connectivity index (χ1v) is 24.2. The molecule has 4 amide bonds. The van der Waals surface area contributed by atoms with E-state index in [-0.39, 0.29) is 31.9 Å². The van der Waals surface area contributed by atoms with E-state index in [1.54, 1.807) is 0 Å². The van der Waals surface area contributed by atoms with Crippen molar-refractivity contribution in [2.75, 3.05) is 19.7 Å². The second-order valence-corrected chi connectivity index (χ2v) is 17.9. The molecular formula is C46H83N5O13. The van der Waals surface area contributed by atoms with Gasteiger partial charge in [0.05, 0.1) is 18.8 Å². The van der Waals surface area contributed by atoms with Gasteiger partial charge in [0, 0.05) is 39.3 Å². The SMILES string of the molecule is CCCCCCCCCCCCCCCCCCCCCC(=O)OC1CN[C@H](C(=O)N[C@H](CCC(=O)N(CC(C)O[C@H]2[C@H](O)[C@@H](CO)O[C@H](O)[C@@H]2NC(C)=O)[C@@H](C)C(=O)O)C(N)=O)C1. The average Bonchev–Trinajstić information content (AvgIpc) is 3.72. The van der Waals surface area contributed by atoms with Crippen molar-refractivity contribution < 1.29 is 63.4 Å². The maximum absolute atomic E-state index is 13.5. The molecule has 2 aliphatic rings. The lowest BCUT2D eigenvalue weighted by Crippen LogP contribution is -2.65. The molecule has 2 heterocycles. The number of nitrogens with zero attached hydrogens (tertiary/aromatic N) is 1. The standard InChI is InChI=1S/C46H83N5O13/c1-5-6-7-8-9-10-11-12-13-14-15-16-17-18-19-20-21-22-23-24-39(55)63-34-27-36(48-28-34)44(58)50-35(43(47)57)25-26-38(54)51(32(3)45(59)60)29-31(2)62-42-40(49-33(4)53)46(61)64-37(30-52)41(42)56/h31-32,34-37,40-42,46,48,52,56,61H,5-30H2,1-4H3,(H2,47,57)(H,49,53)(H,50,58)(H,59,60)/t31?,32-,34?,35+,36-,37+,40+,41+,42+,46-/m0/s1. The minimum Gasteiger partial charge on any atom is -0.480 e. The lowest BCUT2D eigenvalue weighted by atomic mass is 9.96. The molecule has 18 nitrogen and oxygen atoms in total. The summed E-state index contributed by atoms with van der Waals surface area (Å²) >= 11 is 0. The number of nitrogens with one attached hydrogen (secondary N) is 3. The van der Waals surface area contributed by atoms with Crippen LogP contribution in [0.3, 0.4) is 0 Å². The number of amides is 4. The third-order valence-electron chi connectivity index (χ3n) is 12.2. The van der Waals surface area contributed by atoms with Crippen LogP contribution < -0.4 is 21.7 Å². The lowest BCUT2D eigenvalue weighted by Gasteiger charge is -2.43. The molecule has 0 radical (unpaired) electrons. The third kappa shape index (κ3) is 22.2. The highest BCUT2D eigenvalue weighted by molar-refractivity contribution is 5.90. The summed E-state index contributed by atoms with van der Waals surface area (Å²) in [4.78, 5) is 76.4. The summed E-state index contributed by atoms with van der Waals surface area (Å²) in [6.07, 6.45) is 16.7. The number of ether oxygens (including phenoxy) is 3. The van der Waals surface area contributed by atoms with Gasteiger partial charge in [-0.1, -0.05) is 122 Å². The van der Waals surface area contributed by atoms with Gasteiger partial charge in [-0.05, 0) is 26.7 Å². The molecule has 0 aromatic rings. The molecule has 0 spiro atoms. The molecule has 2 aliphatic heterocycles. The van der Waals surface area contributed by atoms with Gasteiger partial charge in [0.15, 0.2) is 6.29 Å². The molecule has 9 N–H and O–H groups in total. The maximum atomic E-state index is 13.5. The summed E-state index contributed by atoms with van der Waals surface area (Å²) in [7, 11) is 0. The van der Waals surface area contributed by atoms with Crippen LogP contribution in [0.2, 0.25) is 0 Å². The number of rotatable bonds is 35. The number of carboxylic acids is 1. The van der Waals surface area contributed by atoms with E-state index in [0.717, 1.165) is 30.6 Å². The van der Waals surface area contributed by atoms with Crippen LogP contribution in [-0.4, -0.2) is 142 Å². The number of nitrogens with two attached hydrogens (primary N) is 1. The van der Waals surface area contributed by atoms with Gasteiger partial charge in [0.2, 0.25) is 23.6 Å². The largest absolute Gasteiger partial charge is 0.480 e. The van der Waals surface area contributed by atoms with Crippen molar-refractivity contribution >= 4 is 35.6 Å². The predicted octanol–water partition coefficient (Wildman–Crippen LogP) is 3.48. The number of aliphatic carboxylic acids is 1. The molecule has 2 saturated heterocycles. The first kappa shape index (κ1) is 56.7. The van der Waals surface area contributed by atoms with Gasteiger partial charge in [-0.25, -0.2) is 4.79 Å². The highest BCUT2D eigenvalue weighted by atomic mass is 16.6. The quantitative estimate of drug-likeness (QED) is 0.0334. The number of carbonyl (C=O) groups excluding carboxylic acids is 5. The Morgan fingerprint density at radius 3 is 1.84 bits per heavy atom. The van der Waals surface area contributed by atoms with Gasteiger partial charge in [-0.3, -0.25) is 24.0 Å². The van der Waals surface area contributed by atoms with Crippen molar-refractivity contribution in [3.05, 3.63) is 0 Å². The smallest absolute Gasteiger partial charge is 0.326 e. The van der Waals surface area contributed by atoms with E-state index >= 15 is 0 Å². The van der Waals surface area contributed by atoms with E-state index in [4.69, 9.17) is 19.9 Å². The van der Waals surface area contributed by atoms with Gasteiger partial charge in [-0.15, -0.1) is 0 Å². The van der Waals surface area contributed by atoms with Crippen LogP contribution in [0.15, 0.2) is 0 Å². The van der Waals surface area contributed by atoms with Crippen LogP contribution in [0.1, 0.15) is 175 Å². The zero-order valence-corrected chi connectivity index (χ0v) is 39.1. The van der Waals surface area contributed by atoms with Crippen molar-refractivity contribution in [1.82, 2.24) is 20.9 Å². The van der Waals surface area contributed by atoms with Gasteiger partial charge in [0.1, 0.15) is 42.5 Å². The summed E-state index contributed by atoms with van der Waals surface area (Å²) in [5, 5.41) is 48.6. The molecule has 0 aromatic heterocycles. The number of unbranched alkanes of at least 4 members (excludes halogenated alkanes) is 18. The Labute approximate surface area is 380 Å². The molecule has 2 fully saturated rings. The summed E-state index contributed by atoms with van der Waals surface area (Å²) in [6.45, 7) is 5.43. The van der Waals surface area contributed by atoms with Crippen molar-refractivity contribution in [3.63, 3.8) is 0 Å². The van der Waals surface area contributed by atoms with Crippen molar-refractivity contribution in [1.29, 1.82) is 0 Å². The number of carboxylic acid groups (broad SMARTS) is 1. The number of primary amides is 1. The second kappa shape index (κ2) is 32.3. The number of carbonyl (C=O) groups is 6. The second-order valence-electron chi connectivity index (χ2n) is 17.9. The maximum Gasteiger partial charge on any atom is 0.326 e. The van der Waals surface area contributed by atoms with Gasteiger partial charge in [0.25, 0.3) is 0 Å². The number of hydrogen-bond donors (Lipinski definition) is 8. The van der Waals surface area contributed by atoms with Crippen LogP contribution in [0, 0.1) is 0 Å². The van der Waals surface area contributed by atoms with E-state index < -0.39 is 104 Å². The zero-order valence-electron chi connectivity index (χ0n) is 39.1. The normalized spacial score (nSPS) is 23.5. The average molecular weight is 914 g/mol. The van der Waals surface area contributed by atoms with Gasteiger partial charge >= 0.3 is 11.9 Å². The number of aliphatic hydroxyl groups is 3. The van der Waals surface area contributed by atoms with E-state index in [1.165, 1.54) is 117 Å². The minimum absolute atomic E-state index is 0.184. The first-order chi connectivity index (χ1) is 30.6. The number of aliphatic hydroxyl groups excluding tert-OH is 3. The molecule has 10 atom stereocenters. The zero-order chi connectivity index (χ0) is 47.4. The van der Waals surface area contributed by atoms with E-state index in [9.17, 15) is 49.2 Å². The van der Waals surface area contributed by atoms with Crippen molar-refractivity contribution in [2.24, 2.45) is 5.73 Å². The molecule has 0 saturated carbocycles. The van der Waals surface area contributed by atoms with Crippen molar-refractivity contribution in [3.8, 4) is 0 Å². The Morgan fingerprint density at radius 1 is 0.828 bits per heavy atom. The Kier molecular flexibility index (Phi) is 28.6. The summed E-state index contributed by atoms with van der Waals surface area (Å²) in [5.41, 5.74) is 5.58. The molecule has 64 heavy (non-hydrogen) atoms. The Hall–Kier alpha value is -3.42. The molecule has 18 heteroatoms. The molecule has 370 valence electrons. The van der Waals surface area contributed by atoms with Crippen LogP contribution >= 0.6 is 0 Å². The highest BCUT2D eigenvalue weighted by Gasteiger charge is 2.46. The Balaban J connectivity index is 1.70. The molecular weight excluding hydrogens is 831 g/mol. The van der Waals surface area contributed by atoms with E-state index in [0.29, 0.717) is 6.42 Å². The van der Waals surface area contributed by atoms with Crippen LogP contribution in [0.5, 0.6) is 0 Å².